The number of carbonyl (C=O) groups excluding carboxylic acids is 2. The Bertz CT molecular complexity index is 843. The molecule has 3 rings (SSSR count). The number of para-hydroxylation sites is 1. The van der Waals surface area contributed by atoms with Gasteiger partial charge in [-0.25, -0.2) is 4.79 Å². The van der Waals surface area contributed by atoms with Crippen molar-refractivity contribution in [2.24, 2.45) is 0 Å². The third kappa shape index (κ3) is 4.58. The van der Waals surface area contributed by atoms with Gasteiger partial charge in [0, 0.05) is 12.1 Å². The Hall–Kier alpha value is -3.02. The monoisotopic (exact) mass is 368 g/mol. The lowest BCUT2D eigenvalue weighted by atomic mass is 9.93. The molecule has 1 aliphatic rings. The Labute approximate surface area is 158 Å². The summed E-state index contributed by atoms with van der Waals surface area (Å²) >= 11 is 0. The topological polar surface area (TPSA) is 78.9 Å². The molecule has 2 aromatic carbocycles. The molecule has 0 unspecified atom stereocenters. The van der Waals surface area contributed by atoms with Gasteiger partial charge in [-0.3, -0.25) is 9.69 Å². The molecule has 0 saturated carbocycles. The van der Waals surface area contributed by atoms with Crippen molar-refractivity contribution in [3.63, 3.8) is 0 Å². The van der Waals surface area contributed by atoms with E-state index >= 15 is 0 Å². The van der Waals surface area contributed by atoms with Gasteiger partial charge in [0.2, 0.25) is 5.91 Å². The van der Waals surface area contributed by atoms with E-state index in [2.05, 4.69) is 5.32 Å². The first-order valence-electron chi connectivity index (χ1n) is 8.89. The molecule has 0 aromatic heterocycles. The highest BCUT2D eigenvalue weighted by Crippen LogP contribution is 2.28. The Morgan fingerprint density at radius 2 is 1.81 bits per heavy atom. The van der Waals surface area contributed by atoms with Crippen molar-refractivity contribution in [3.05, 3.63) is 59.7 Å². The lowest BCUT2D eigenvalue weighted by Gasteiger charge is -2.36. The van der Waals surface area contributed by atoms with Gasteiger partial charge in [-0.1, -0.05) is 24.3 Å². The van der Waals surface area contributed by atoms with E-state index in [-0.39, 0.29) is 18.2 Å². The second kappa shape index (κ2) is 7.31. The predicted octanol–water partition coefficient (Wildman–Crippen LogP) is 3.69. The summed E-state index contributed by atoms with van der Waals surface area (Å²) < 4.78 is 5.50. The molecule has 27 heavy (non-hydrogen) atoms. The lowest BCUT2D eigenvalue weighted by Crippen LogP contribution is -2.52. The zero-order chi connectivity index (χ0) is 19.6. The number of hydrogen-bond donors (Lipinski definition) is 2. The van der Waals surface area contributed by atoms with Gasteiger partial charge in [0.25, 0.3) is 0 Å². The van der Waals surface area contributed by atoms with Crippen LogP contribution < -0.4 is 5.32 Å². The first-order valence-corrected chi connectivity index (χ1v) is 8.89. The molecule has 0 radical (unpaired) electrons. The van der Waals surface area contributed by atoms with Crippen molar-refractivity contribution < 1.29 is 19.4 Å². The number of nitrogens with zero attached hydrogens (tertiary/aromatic N) is 1. The fourth-order valence-electron chi connectivity index (χ4n) is 3.06. The molecule has 6 heteroatoms. The number of phenolic OH excluding ortho intramolecular Hbond substituents is 1. The van der Waals surface area contributed by atoms with Gasteiger partial charge in [0.15, 0.2) is 0 Å². The standard InChI is InChI=1S/C21H24N2O4/c1-21(2,3)27-20(26)23-13-15-11-17(24)10-9-14(15)12-18(23)19(25)22-16-7-5-4-6-8-16/h4-11,18,24H,12-13H2,1-3H3,(H,22,25)/t18-/m0/s1. The molecule has 2 amide bonds. The van der Waals surface area contributed by atoms with E-state index in [1.165, 1.54) is 4.90 Å². The molecule has 0 saturated heterocycles. The predicted molar refractivity (Wildman–Crippen MR) is 102 cm³/mol. The molecular formula is C21H24N2O4. The quantitative estimate of drug-likeness (QED) is 0.847. The zero-order valence-electron chi connectivity index (χ0n) is 15.7. The number of phenols is 1. The maximum atomic E-state index is 12.9. The van der Waals surface area contributed by atoms with E-state index < -0.39 is 17.7 Å². The molecule has 1 aliphatic heterocycles. The van der Waals surface area contributed by atoms with E-state index in [0.717, 1.165) is 11.1 Å². The van der Waals surface area contributed by atoms with Crippen molar-refractivity contribution in [2.75, 3.05) is 5.32 Å². The van der Waals surface area contributed by atoms with Crippen molar-refractivity contribution >= 4 is 17.7 Å². The fraction of sp³-hybridized carbons (Fsp3) is 0.333. The Kier molecular flexibility index (Phi) is 5.08. The summed E-state index contributed by atoms with van der Waals surface area (Å²) in [7, 11) is 0. The molecule has 0 aliphatic carbocycles. The summed E-state index contributed by atoms with van der Waals surface area (Å²) in [6.45, 7) is 5.56. The van der Waals surface area contributed by atoms with Gasteiger partial charge in [0.1, 0.15) is 17.4 Å². The van der Waals surface area contributed by atoms with Crippen LogP contribution in [0.5, 0.6) is 5.75 Å². The van der Waals surface area contributed by atoms with Crippen LogP contribution in [0, 0.1) is 0 Å². The number of ether oxygens (including phenoxy) is 1. The molecule has 2 N–H and O–H groups in total. The van der Waals surface area contributed by atoms with Crippen LogP contribution >= 0.6 is 0 Å². The largest absolute Gasteiger partial charge is 0.508 e. The highest BCUT2D eigenvalue weighted by Gasteiger charge is 2.37. The highest BCUT2D eigenvalue weighted by atomic mass is 16.6. The summed E-state index contributed by atoms with van der Waals surface area (Å²) in [5, 5.41) is 12.6. The number of rotatable bonds is 2. The smallest absolute Gasteiger partial charge is 0.411 e. The third-order valence-corrected chi connectivity index (χ3v) is 4.29. The van der Waals surface area contributed by atoms with E-state index in [1.54, 1.807) is 51.1 Å². The Morgan fingerprint density at radius 1 is 1.11 bits per heavy atom. The van der Waals surface area contributed by atoms with Gasteiger partial charge in [0.05, 0.1) is 6.54 Å². The summed E-state index contributed by atoms with van der Waals surface area (Å²) in [5.41, 5.74) is 1.74. The molecule has 0 spiro atoms. The molecule has 0 fully saturated rings. The Balaban J connectivity index is 1.88. The van der Waals surface area contributed by atoms with Crippen LogP contribution in [-0.2, 0) is 22.5 Å². The van der Waals surface area contributed by atoms with Crippen LogP contribution in [0.2, 0.25) is 0 Å². The lowest BCUT2D eigenvalue weighted by molar-refractivity contribution is -0.121. The summed E-state index contributed by atoms with van der Waals surface area (Å²) in [6, 6.07) is 13.4. The minimum Gasteiger partial charge on any atom is -0.508 e. The summed E-state index contributed by atoms with van der Waals surface area (Å²) in [5.74, 6) is -0.143. The normalized spacial score (nSPS) is 16.4. The molecular weight excluding hydrogens is 344 g/mol. The first-order chi connectivity index (χ1) is 12.7. The SMILES string of the molecule is CC(C)(C)OC(=O)N1Cc2cc(O)ccc2C[C@H]1C(=O)Nc1ccccc1. The van der Waals surface area contributed by atoms with Gasteiger partial charge < -0.3 is 15.2 Å². The number of fused-ring (bicyclic) bond motifs is 1. The maximum absolute atomic E-state index is 12.9. The molecule has 1 heterocycles. The zero-order valence-corrected chi connectivity index (χ0v) is 15.7. The van der Waals surface area contributed by atoms with E-state index in [1.807, 2.05) is 18.2 Å². The minimum atomic E-state index is -0.697. The summed E-state index contributed by atoms with van der Waals surface area (Å²) in [6.07, 6.45) is -0.197. The number of carbonyl (C=O) groups is 2. The number of amides is 2. The van der Waals surface area contributed by atoms with E-state index in [4.69, 9.17) is 4.74 Å². The van der Waals surface area contributed by atoms with Crippen LogP contribution in [-0.4, -0.2) is 33.6 Å². The number of hydrogen-bond acceptors (Lipinski definition) is 4. The van der Waals surface area contributed by atoms with Crippen LogP contribution in [0.25, 0.3) is 0 Å². The van der Waals surface area contributed by atoms with E-state index in [0.29, 0.717) is 12.1 Å². The fourth-order valence-corrected chi connectivity index (χ4v) is 3.06. The van der Waals surface area contributed by atoms with Crippen LogP contribution in [0.1, 0.15) is 31.9 Å². The van der Waals surface area contributed by atoms with Gasteiger partial charge in [-0.2, -0.15) is 0 Å². The van der Waals surface area contributed by atoms with Gasteiger partial charge in [-0.05, 0) is 56.2 Å². The van der Waals surface area contributed by atoms with Crippen molar-refractivity contribution in [1.82, 2.24) is 4.90 Å². The Morgan fingerprint density at radius 3 is 2.48 bits per heavy atom. The van der Waals surface area contributed by atoms with Crippen molar-refractivity contribution in [2.45, 2.75) is 45.4 Å². The number of aromatic hydroxyl groups is 1. The number of benzene rings is 2. The minimum absolute atomic E-state index is 0.130. The summed E-state index contributed by atoms with van der Waals surface area (Å²) in [4.78, 5) is 27.1. The van der Waals surface area contributed by atoms with Gasteiger partial charge >= 0.3 is 6.09 Å². The van der Waals surface area contributed by atoms with Crippen molar-refractivity contribution in [3.8, 4) is 5.75 Å². The second-order valence-corrected chi connectivity index (χ2v) is 7.64. The average Bonchev–Trinajstić information content (AvgIpc) is 2.60. The third-order valence-electron chi connectivity index (χ3n) is 4.29. The molecule has 2 aromatic rings. The van der Waals surface area contributed by atoms with Crippen LogP contribution in [0.15, 0.2) is 48.5 Å². The highest BCUT2D eigenvalue weighted by molar-refractivity contribution is 5.97. The maximum Gasteiger partial charge on any atom is 0.411 e. The van der Waals surface area contributed by atoms with Crippen molar-refractivity contribution in [1.29, 1.82) is 0 Å². The van der Waals surface area contributed by atoms with Crippen LogP contribution in [0.4, 0.5) is 10.5 Å². The van der Waals surface area contributed by atoms with Gasteiger partial charge in [-0.15, -0.1) is 0 Å². The number of nitrogens with one attached hydrogen (secondary N) is 1. The first kappa shape index (κ1) is 18.8. The molecule has 1 atom stereocenters. The molecule has 142 valence electrons. The number of anilines is 1. The average molecular weight is 368 g/mol. The molecule has 6 nitrogen and oxygen atoms in total. The second-order valence-electron chi connectivity index (χ2n) is 7.64. The van der Waals surface area contributed by atoms with Crippen LogP contribution in [0.3, 0.4) is 0 Å². The molecule has 0 bridgehead atoms. The van der Waals surface area contributed by atoms with E-state index in [9.17, 15) is 14.7 Å².